The van der Waals surface area contributed by atoms with E-state index in [1.54, 1.807) is 0 Å². The van der Waals surface area contributed by atoms with E-state index in [-0.39, 0.29) is 6.04 Å². The maximum atomic E-state index is 5.57. The van der Waals surface area contributed by atoms with E-state index in [0.29, 0.717) is 0 Å². The normalized spacial score (nSPS) is 17.7. The summed E-state index contributed by atoms with van der Waals surface area (Å²) in [6.45, 7) is 2.00. The van der Waals surface area contributed by atoms with Crippen molar-refractivity contribution in [1.29, 1.82) is 0 Å². The number of hydrogen-bond acceptors (Lipinski definition) is 3. The summed E-state index contributed by atoms with van der Waals surface area (Å²) < 4.78 is 0. The lowest BCUT2D eigenvalue weighted by atomic mass is 10.0. The lowest BCUT2D eigenvalue weighted by Gasteiger charge is -2.15. The first-order valence-electron chi connectivity index (χ1n) is 5.68. The van der Waals surface area contributed by atoms with Crippen molar-refractivity contribution >= 4 is 0 Å². The van der Waals surface area contributed by atoms with Gasteiger partial charge in [-0.25, -0.2) is 0 Å². The molecule has 1 aliphatic carbocycles. The molecule has 3 N–H and O–H groups in total. The zero-order chi connectivity index (χ0) is 10.7. The molecule has 3 heteroatoms. The van der Waals surface area contributed by atoms with Gasteiger partial charge in [0.05, 0.1) is 0 Å². The zero-order valence-corrected chi connectivity index (χ0v) is 9.24. The Hall–Kier alpha value is -0.930. The van der Waals surface area contributed by atoms with Gasteiger partial charge in [-0.3, -0.25) is 16.3 Å². The molecule has 0 aliphatic heterocycles. The molecule has 1 atom stereocenters. The van der Waals surface area contributed by atoms with Crippen LogP contribution < -0.4 is 11.3 Å². The highest BCUT2D eigenvalue weighted by Gasteiger charge is 2.22. The van der Waals surface area contributed by atoms with E-state index in [4.69, 9.17) is 5.84 Å². The van der Waals surface area contributed by atoms with Gasteiger partial charge in [0.2, 0.25) is 0 Å². The summed E-state index contributed by atoms with van der Waals surface area (Å²) in [4.78, 5) is 4.30. The second-order valence-electron chi connectivity index (χ2n) is 4.47. The first-order chi connectivity index (χ1) is 7.29. The predicted molar refractivity (Wildman–Crippen MR) is 61.0 cm³/mol. The standard InChI is InChI=1S/C12H19N3/c1-9-2-6-11(8-14-9)12(15-13)7-5-10-3-4-10/h2,6,8,10,12,15H,3-5,7,13H2,1H3. The second kappa shape index (κ2) is 4.73. The summed E-state index contributed by atoms with van der Waals surface area (Å²) in [6.07, 6.45) is 7.13. The Morgan fingerprint density at radius 1 is 1.53 bits per heavy atom. The van der Waals surface area contributed by atoms with Crippen molar-refractivity contribution in [3.05, 3.63) is 29.6 Å². The third-order valence-electron chi connectivity index (χ3n) is 3.10. The van der Waals surface area contributed by atoms with Gasteiger partial charge in [-0.05, 0) is 37.3 Å². The van der Waals surface area contributed by atoms with Crippen molar-refractivity contribution in [3.8, 4) is 0 Å². The first kappa shape index (κ1) is 10.6. The maximum absolute atomic E-state index is 5.57. The Bertz CT molecular complexity index is 303. The Kier molecular flexibility index (Phi) is 3.34. The van der Waals surface area contributed by atoms with Crippen LogP contribution in [0, 0.1) is 12.8 Å². The molecule has 3 nitrogen and oxygen atoms in total. The number of nitrogens with zero attached hydrogens (tertiary/aromatic N) is 1. The molecule has 1 saturated carbocycles. The molecule has 1 unspecified atom stereocenters. The first-order valence-corrected chi connectivity index (χ1v) is 5.68. The Labute approximate surface area is 91.1 Å². The van der Waals surface area contributed by atoms with Crippen LogP contribution in [0.2, 0.25) is 0 Å². The Balaban J connectivity index is 1.94. The molecule has 1 aromatic heterocycles. The smallest absolute Gasteiger partial charge is 0.0475 e. The number of aryl methyl sites for hydroxylation is 1. The van der Waals surface area contributed by atoms with Crippen LogP contribution in [0.15, 0.2) is 18.3 Å². The summed E-state index contributed by atoms with van der Waals surface area (Å²) in [5, 5.41) is 0. The van der Waals surface area contributed by atoms with Gasteiger partial charge >= 0.3 is 0 Å². The number of nitrogens with two attached hydrogens (primary N) is 1. The number of rotatable bonds is 5. The number of hydrogen-bond donors (Lipinski definition) is 2. The fourth-order valence-electron chi connectivity index (χ4n) is 1.84. The summed E-state index contributed by atoms with van der Waals surface area (Å²) in [6, 6.07) is 4.41. The molecule has 1 aliphatic rings. The topological polar surface area (TPSA) is 50.9 Å². The van der Waals surface area contributed by atoms with Crippen LogP contribution in [0.5, 0.6) is 0 Å². The van der Waals surface area contributed by atoms with Crippen LogP contribution in [0.1, 0.15) is 43.0 Å². The quantitative estimate of drug-likeness (QED) is 0.571. The molecule has 1 fully saturated rings. The highest BCUT2D eigenvalue weighted by atomic mass is 15.2. The third-order valence-corrected chi connectivity index (χ3v) is 3.10. The molecule has 0 amide bonds. The molecule has 15 heavy (non-hydrogen) atoms. The minimum atomic E-state index is 0.263. The van der Waals surface area contributed by atoms with Crippen molar-refractivity contribution in [2.75, 3.05) is 0 Å². The number of pyridine rings is 1. The third kappa shape index (κ3) is 3.01. The molecule has 0 spiro atoms. The van der Waals surface area contributed by atoms with Gasteiger partial charge < -0.3 is 0 Å². The second-order valence-corrected chi connectivity index (χ2v) is 4.47. The Morgan fingerprint density at radius 2 is 2.33 bits per heavy atom. The number of hydrazine groups is 1. The van der Waals surface area contributed by atoms with Gasteiger partial charge in [-0.15, -0.1) is 0 Å². The highest BCUT2D eigenvalue weighted by molar-refractivity contribution is 5.17. The van der Waals surface area contributed by atoms with Crippen molar-refractivity contribution in [2.24, 2.45) is 11.8 Å². The molecule has 0 radical (unpaired) electrons. The molecule has 1 heterocycles. The van der Waals surface area contributed by atoms with Crippen LogP contribution in [0.4, 0.5) is 0 Å². The minimum absolute atomic E-state index is 0.263. The SMILES string of the molecule is Cc1ccc(C(CCC2CC2)NN)cn1. The lowest BCUT2D eigenvalue weighted by Crippen LogP contribution is -2.28. The Morgan fingerprint density at radius 3 is 2.87 bits per heavy atom. The van der Waals surface area contributed by atoms with Gasteiger partial charge in [0.1, 0.15) is 0 Å². The van der Waals surface area contributed by atoms with Crippen molar-refractivity contribution in [1.82, 2.24) is 10.4 Å². The lowest BCUT2D eigenvalue weighted by molar-refractivity contribution is 0.480. The van der Waals surface area contributed by atoms with Crippen LogP contribution >= 0.6 is 0 Å². The average Bonchev–Trinajstić information content (AvgIpc) is 3.05. The van der Waals surface area contributed by atoms with Gasteiger partial charge in [0, 0.05) is 17.9 Å². The molecule has 0 bridgehead atoms. The molecular formula is C12H19N3. The molecule has 2 rings (SSSR count). The van der Waals surface area contributed by atoms with E-state index in [1.807, 2.05) is 19.2 Å². The van der Waals surface area contributed by atoms with E-state index < -0.39 is 0 Å². The highest BCUT2D eigenvalue weighted by Crippen LogP contribution is 2.35. The van der Waals surface area contributed by atoms with Gasteiger partial charge in [-0.1, -0.05) is 18.9 Å². The summed E-state index contributed by atoms with van der Waals surface area (Å²) in [7, 11) is 0. The molecule has 0 aromatic carbocycles. The van der Waals surface area contributed by atoms with Crippen molar-refractivity contribution < 1.29 is 0 Å². The van der Waals surface area contributed by atoms with Crippen molar-refractivity contribution in [3.63, 3.8) is 0 Å². The summed E-state index contributed by atoms with van der Waals surface area (Å²) >= 11 is 0. The van der Waals surface area contributed by atoms with E-state index >= 15 is 0 Å². The summed E-state index contributed by atoms with van der Waals surface area (Å²) in [5.74, 6) is 6.53. The molecular weight excluding hydrogens is 186 g/mol. The maximum Gasteiger partial charge on any atom is 0.0475 e. The molecule has 1 aromatic rings. The van der Waals surface area contributed by atoms with Crippen LogP contribution in [-0.4, -0.2) is 4.98 Å². The van der Waals surface area contributed by atoms with Crippen molar-refractivity contribution in [2.45, 2.75) is 38.6 Å². The number of nitrogens with one attached hydrogen (secondary N) is 1. The fraction of sp³-hybridized carbons (Fsp3) is 0.583. The fourth-order valence-corrected chi connectivity index (χ4v) is 1.84. The summed E-state index contributed by atoms with van der Waals surface area (Å²) in [5.41, 5.74) is 5.13. The largest absolute Gasteiger partial charge is 0.271 e. The molecule has 82 valence electrons. The minimum Gasteiger partial charge on any atom is -0.271 e. The van der Waals surface area contributed by atoms with Gasteiger partial charge in [0.25, 0.3) is 0 Å². The van der Waals surface area contributed by atoms with Crippen LogP contribution in [-0.2, 0) is 0 Å². The van der Waals surface area contributed by atoms with E-state index in [2.05, 4.69) is 16.5 Å². The van der Waals surface area contributed by atoms with E-state index in [0.717, 1.165) is 18.0 Å². The van der Waals surface area contributed by atoms with E-state index in [9.17, 15) is 0 Å². The molecule has 0 saturated heterocycles. The van der Waals surface area contributed by atoms with Gasteiger partial charge in [-0.2, -0.15) is 0 Å². The predicted octanol–water partition coefficient (Wildman–Crippen LogP) is 2.08. The number of aromatic nitrogens is 1. The average molecular weight is 205 g/mol. The monoisotopic (exact) mass is 205 g/mol. The van der Waals surface area contributed by atoms with Crippen LogP contribution in [0.25, 0.3) is 0 Å². The van der Waals surface area contributed by atoms with Gasteiger partial charge in [0.15, 0.2) is 0 Å². The van der Waals surface area contributed by atoms with Crippen LogP contribution in [0.3, 0.4) is 0 Å². The van der Waals surface area contributed by atoms with E-state index in [1.165, 1.54) is 24.8 Å². The zero-order valence-electron chi connectivity index (χ0n) is 9.24.